The van der Waals surface area contributed by atoms with Crippen LogP contribution in [0.2, 0.25) is 0 Å². The van der Waals surface area contributed by atoms with Crippen molar-refractivity contribution in [1.29, 1.82) is 0 Å². The van der Waals surface area contributed by atoms with E-state index in [0.29, 0.717) is 19.5 Å². The molecule has 4 heteroatoms. The molecular weight excluding hydrogens is 274 g/mol. The van der Waals surface area contributed by atoms with Crippen molar-refractivity contribution in [3.05, 3.63) is 30.1 Å². The minimum atomic E-state index is 0.101. The highest BCUT2D eigenvalue weighted by Gasteiger charge is 2.14. The maximum absolute atomic E-state index is 12.0. The van der Waals surface area contributed by atoms with Crippen molar-refractivity contribution in [3.8, 4) is 12.3 Å². The van der Waals surface area contributed by atoms with Gasteiger partial charge < -0.3 is 9.88 Å². The Balaban J connectivity index is 2.07. The molecule has 0 aliphatic heterocycles. The number of terminal acetylenes is 1. The molecule has 4 nitrogen and oxygen atoms in total. The molecule has 0 bridgehead atoms. The van der Waals surface area contributed by atoms with Crippen LogP contribution >= 0.6 is 0 Å². The lowest BCUT2D eigenvalue weighted by molar-refractivity contribution is -0.125. The maximum atomic E-state index is 12.0. The number of benzene rings is 1. The quantitative estimate of drug-likeness (QED) is 0.799. The molecule has 1 amide bonds. The number of nitrogens with zero attached hydrogens (tertiary/aromatic N) is 2. The number of amides is 1. The summed E-state index contributed by atoms with van der Waals surface area (Å²) < 4.78 is 2.04. The molecule has 1 heterocycles. The normalized spacial score (nSPS) is 10.8. The Hall–Kier alpha value is -2.28. The summed E-state index contributed by atoms with van der Waals surface area (Å²) in [6, 6.07) is 7.95. The first-order valence-electron chi connectivity index (χ1n) is 7.86. The van der Waals surface area contributed by atoms with E-state index >= 15 is 0 Å². The lowest BCUT2D eigenvalue weighted by atomic mass is 10.0. The molecule has 1 aromatic heterocycles. The molecule has 0 unspecified atom stereocenters. The maximum Gasteiger partial charge on any atom is 0.223 e. The molecule has 0 saturated heterocycles. The van der Waals surface area contributed by atoms with Crippen molar-refractivity contribution in [2.24, 2.45) is 5.92 Å². The van der Waals surface area contributed by atoms with Crippen LogP contribution in [0.3, 0.4) is 0 Å². The fourth-order valence-electron chi connectivity index (χ4n) is 2.69. The number of carbonyl (C=O) groups is 1. The summed E-state index contributed by atoms with van der Waals surface area (Å²) in [7, 11) is 0. The molecular formula is C18H23N3O. The molecule has 2 rings (SSSR count). The fourth-order valence-corrected chi connectivity index (χ4v) is 2.69. The van der Waals surface area contributed by atoms with Crippen LogP contribution < -0.4 is 5.32 Å². The third kappa shape index (κ3) is 3.48. The highest BCUT2D eigenvalue weighted by Crippen LogP contribution is 2.16. The average Bonchev–Trinajstić information content (AvgIpc) is 2.87. The Morgan fingerprint density at radius 3 is 2.77 bits per heavy atom. The predicted octanol–water partition coefficient (Wildman–Crippen LogP) is 2.76. The number of rotatable bonds is 7. The Bertz CT molecular complexity index is 677. The molecule has 22 heavy (non-hydrogen) atoms. The fraction of sp³-hybridized carbons (Fsp3) is 0.444. The van der Waals surface area contributed by atoms with Crippen molar-refractivity contribution < 1.29 is 4.79 Å². The molecule has 1 N–H and O–H groups in total. The zero-order valence-corrected chi connectivity index (χ0v) is 13.3. The number of hydrogen-bond acceptors (Lipinski definition) is 2. The van der Waals surface area contributed by atoms with Gasteiger partial charge >= 0.3 is 0 Å². The third-order valence-electron chi connectivity index (χ3n) is 3.99. The number of aromatic nitrogens is 2. The zero-order valence-electron chi connectivity index (χ0n) is 13.3. The van der Waals surface area contributed by atoms with E-state index in [2.05, 4.69) is 16.2 Å². The van der Waals surface area contributed by atoms with Crippen LogP contribution in [0, 0.1) is 18.3 Å². The summed E-state index contributed by atoms with van der Waals surface area (Å²) in [6.07, 6.45) is 7.89. The summed E-state index contributed by atoms with van der Waals surface area (Å²) in [6.45, 7) is 5.17. The molecule has 1 aromatic carbocycles. The van der Waals surface area contributed by atoms with Gasteiger partial charge in [-0.1, -0.05) is 31.9 Å². The number of nitrogens with one attached hydrogen (secondary N) is 1. The van der Waals surface area contributed by atoms with Crippen LogP contribution in [0.25, 0.3) is 11.0 Å². The van der Waals surface area contributed by atoms with Gasteiger partial charge in [0.05, 0.1) is 17.6 Å². The topological polar surface area (TPSA) is 46.9 Å². The number of carbonyl (C=O) groups excluding carboxylic acids is 1. The average molecular weight is 297 g/mol. The number of para-hydroxylation sites is 2. The summed E-state index contributed by atoms with van der Waals surface area (Å²) in [5.74, 6) is 3.82. The van der Waals surface area contributed by atoms with Crippen LogP contribution in [-0.2, 0) is 17.8 Å². The van der Waals surface area contributed by atoms with Crippen LogP contribution in [0.4, 0.5) is 0 Å². The minimum Gasteiger partial charge on any atom is -0.355 e. The van der Waals surface area contributed by atoms with Gasteiger partial charge in [0, 0.05) is 18.9 Å². The second-order valence-electron chi connectivity index (χ2n) is 5.36. The predicted molar refractivity (Wildman–Crippen MR) is 89.4 cm³/mol. The van der Waals surface area contributed by atoms with Crippen molar-refractivity contribution >= 4 is 16.9 Å². The van der Waals surface area contributed by atoms with Crippen molar-refractivity contribution in [3.63, 3.8) is 0 Å². The van der Waals surface area contributed by atoms with Crippen LogP contribution in [0.1, 0.15) is 32.5 Å². The largest absolute Gasteiger partial charge is 0.355 e. The van der Waals surface area contributed by atoms with Gasteiger partial charge in [-0.15, -0.1) is 6.42 Å². The SMILES string of the molecule is C#CCn1c(CCNC(=O)C(CC)CC)nc2ccccc21. The van der Waals surface area contributed by atoms with E-state index in [4.69, 9.17) is 6.42 Å². The van der Waals surface area contributed by atoms with Gasteiger partial charge in [-0.2, -0.15) is 0 Å². The lowest BCUT2D eigenvalue weighted by Crippen LogP contribution is -2.32. The van der Waals surface area contributed by atoms with Crippen molar-refractivity contribution in [2.45, 2.75) is 39.7 Å². The van der Waals surface area contributed by atoms with E-state index in [1.54, 1.807) is 0 Å². The number of imidazole rings is 1. The van der Waals surface area contributed by atoms with E-state index in [1.165, 1.54) is 0 Å². The zero-order chi connectivity index (χ0) is 15.9. The van der Waals surface area contributed by atoms with Gasteiger partial charge in [0.25, 0.3) is 0 Å². The number of fused-ring (bicyclic) bond motifs is 1. The van der Waals surface area contributed by atoms with E-state index in [-0.39, 0.29) is 11.8 Å². The molecule has 116 valence electrons. The summed E-state index contributed by atoms with van der Waals surface area (Å²) in [5.41, 5.74) is 1.99. The van der Waals surface area contributed by atoms with E-state index in [9.17, 15) is 4.79 Å². The molecule has 0 saturated carbocycles. The van der Waals surface area contributed by atoms with Crippen LogP contribution in [0.15, 0.2) is 24.3 Å². The Kier molecular flexibility index (Phi) is 5.60. The molecule has 2 aromatic rings. The second kappa shape index (κ2) is 7.65. The first-order valence-corrected chi connectivity index (χ1v) is 7.86. The molecule has 0 aliphatic rings. The van der Waals surface area contributed by atoms with Crippen LogP contribution in [0.5, 0.6) is 0 Å². The van der Waals surface area contributed by atoms with E-state index in [1.807, 2.05) is 42.7 Å². The lowest BCUT2D eigenvalue weighted by Gasteiger charge is -2.12. The third-order valence-corrected chi connectivity index (χ3v) is 3.99. The standard InChI is InChI=1S/C18H23N3O/c1-4-13-21-16-10-8-7-9-15(16)20-17(21)11-12-19-18(22)14(5-2)6-3/h1,7-10,14H,5-6,11-13H2,2-3H3,(H,19,22). The van der Waals surface area contributed by atoms with Gasteiger partial charge in [0.2, 0.25) is 5.91 Å². The summed E-state index contributed by atoms with van der Waals surface area (Å²) in [5, 5.41) is 3.00. The second-order valence-corrected chi connectivity index (χ2v) is 5.36. The van der Waals surface area contributed by atoms with Gasteiger partial charge in [-0.3, -0.25) is 4.79 Å². The Labute approximate surface area is 131 Å². The monoisotopic (exact) mass is 297 g/mol. The van der Waals surface area contributed by atoms with Crippen molar-refractivity contribution in [1.82, 2.24) is 14.9 Å². The highest BCUT2D eigenvalue weighted by molar-refractivity contribution is 5.78. The first kappa shape index (κ1) is 16.1. The molecule has 0 spiro atoms. The van der Waals surface area contributed by atoms with Crippen LogP contribution in [-0.4, -0.2) is 22.0 Å². The van der Waals surface area contributed by atoms with E-state index in [0.717, 1.165) is 29.7 Å². The van der Waals surface area contributed by atoms with E-state index < -0.39 is 0 Å². The van der Waals surface area contributed by atoms with Gasteiger partial charge in [-0.05, 0) is 25.0 Å². The summed E-state index contributed by atoms with van der Waals surface area (Å²) >= 11 is 0. The van der Waals surface area contributed by atoms with Gasteiger partial charge in [0.15, 0.2) is 0 Å². The van der Waals surface area contributed by atoms with Gasteiger partial charge in [-0.25, -0.2) is 4.98 Å². The van der Waals surface area contributed by atoms with Gasteiger partial charge in [0.1, 0.15) is 5.82 Å². The molecule has 0 aliphatic carbocycles. The first-order chi connectivity index (χ1) is 10.7. The molecule has 0 radical (unpaired) electrons. The minimum absolute atomic E-state index is 0.101. The molecule has 0 atom stereocenters. The highest BCUT2D eigenvalue weighted by atomic mass is 16.1. The summed E-state index contributed by atoms with van der Waals surface area (Å²) in [4.78, 5) is 16.6. The van der Waals surface area contributed by atoms with Crippen molar-refractivity contribution in [2.75, 3.05) is 6.54 Å². The number of hydrogen-bond donors (Lipinski definition) is 1. The Morgan fingerprint density at radius 1 is 1.36 bits per heavy atom. The Morgan fingerprint density at radius 2 is 2.09 bits per heavy atom. The molecule has 0 fully saturated rings. The smallest absolute Gasteiger partial charge is 0.223 e.